The predicted molar refractivity (Wildman–Crippen MR) is 93.9 cm³/mol. The molecule has 2 heterocycles. The van der Waals surface area contributed by atoms with Gasteiger partial charge in [-0.15, -0.1) is 0 Å². The molecule has 6 heteroatoms. The van der Waals surface area contributed by atoms with Crippen molar-refractivity contribution in [3.63, 3.8) is 0 Å². The largest absolute Gasteiger partial charge is 0.469 e. The van der Waals surface area contributed by atoms with Crippen molar-refractivity contribution in [1.29, 1.82) is 0 Å². The maximum absolute atomic E-state index is 11.3. The molecule has 6 nitrogen and oxygen atoms in total. The molecule has 1 saturated carbocycles. The zero-order chi connectivity index (χ0) is 16.6. The summed E-state index contributed by atoms with van der Waals surface area (Å²) in [5.74, 6) is 1.97. The highest BCUT2D eigenvalue weighted by atomic mass is 16.3. The summed E-state index contributed by atoms with van der Waals surface area (Å²) in [6, 6.07) is 4.64. The highest BCUT2D eigenvalue weighted by Gasteiger charge is 2.20. The predicted octanol–water partition coefficient (Wildman–Crippen LogP) is 1.97. The molecule has 1 aliphatic carbocycles. The third kappa shape index (κ3) is 5.28. The third-order valence-corrected chi connectivity index (χ3v) is 4.76. The van der Waals surface area contributed by atoms with Gasteiger partial charge in [-0.05, 0) is 31.4 Å². The molecule has 1 atom stereocenters. The molecular weight excluding hydrogens is 304 g/mol. The Labute approximate surface area is 143 Å². The molecule has 1 unspecified atom stereocenters. The molecule has 24 heavy (non-hydrogen) atoms. The number of carbonyl (C=O) groups is 1. The van der Waals surface area contributed by atoms with Gasteiger partial charge in [-0.1, -0.05) is 19.3 Å². The summed E-state index contributed by atoms with van der Waals surface area (Å²) in [6.45, 7) is 1.36. The van der Waals surface area contributed by atoms with Crippen molar-refractivity contribution in [2.75, 3.05) is 13.1 Å². The van der Waals surface area contributed by atoms with Crippen molar-refractivity contribution in [2.45, 2.75) is 63.5 Å². The number of aliphatic imine (C=N–C) groups is 1. The van der Waals surface area contributed by atoms with Crippen molar-refractivity contribution in [2.24, 2.45) is 4.99 Å². The minimum Gasteiger partial charge on any atom is -0.469 e. The maximum Gasteiger partial charge on any atom is 0.220 e. The van der Waals surface area contributed by atoms with Crippen LogP contribution in [0.15, 0.2) is 27.8 Å². The zero-order valence-corrected chi connectivity index (χ0v) is 14.2. The van der Waals surface area contributed by atoms with E-state index in [2.05, 4.69) is 16.0 Å². The number of hydrogen-bond donors (Lipinski definition) is 3. The fraction of sp³-hybridized carbons (Fsp3) is 0.667. The van der Waals surface area contributed by atoms with Gasteiger partial charge >= 0.3 is 0 Å². The van der Waals surface area contributed by atoms with E-state index >= 15 is 0 Å². The lowest BCUT2D eigenvalue weighted by Crippen LogP contribution is -2.53. The molecule has 1 aliphatic heterocycles. The standard InChI is InChI=1S/C18H28N4O2/c23-17-9-8-15(13-20-17)22-18(21-14-5-2-1-3-6-14)19-11-10-16-7-4-12-24-16/h4,7,12,14-15H,1-3,5-6,8-11,13H2,(H,20,23)(H2,19,21,22). The Kier molecular flexibility index (Phi) is 6.15. The summed E-state index contributed by atoms with van der Waals surface area (Å²) in [5.41, 5.74) is 0. The smallest absolute Gasteiger partial charge is 0.220 e. The lowest BCUT2D eigenvalue weighted by Gasteiger charge is -2.29. The summed E-state index contributed by atoms with van der Waals surface area (Å²) in [6.07, 6.45) is 10.3. The summed E-state index contributed by atoms with van der Waals surface area (Å²) < 4.78 is 5.37. The second kappa shape index (κ2) is 8.76. The van der Waals surface area contributed by atoms with Crippen molar-refractivity contribution in [3.05, 3.63) is 24.2 Å². The minimum absolute atomic E-state index is 0.143. The molecule has 1 aromatic rings. The van der Waals surface area contributed by atoms with E-state index in [0.29, 0.717) is 25.6 Å². The van der Waals surface area contributed by atoms with E-state index in [9.17, 15) is 4.79 Å². The van der Waals surface area contributed by atoms with Gasteiger partial charge < -0.3 is 20.4 Å². The molecular formula is C18H28N4O2. The van der Waals surface area contributed by atoms with Gasteiger partial charge in [-0.3, -0.25) is 9.79 Å². The van der Waals surface area contributed by atoms with Crippen molar-refractivity contribution < 1.29 is 9.21 Å². The van der Waals surface area contributed by atoms with Gasteiger partial charge in [-0.2, -0.15) is 0 Å². The fourth-order valence-electron chi connectivity index (χ4n) is 3.36. The van der Waals surface area contributed by atoms with Gasteiger partial charge in [0, 0.05) is 38.0 Å². The number of nitrogens with zero attached hydrogens (tertiary/aromatic N) is 1. The lowest BCUT2D eigenvalue weighted by molar-refractivity contribution is -0.122. The molecule has 0 radical (unpaired) electrons. The molecule has 2 aliphatic rings. The van der Waals surface area contributed by atoms with E-state index in [-0.39, 0.29) is 11.9 Å². The van der Waals surface area contributed by atoms with E-state index in [4.69, 9.17) is 9.41 Å². The monoisotopic (exact) mass is 332 g/mol. The number of carbonyl (C=O) groups excluding carboxylic acids is 1. The van der Waals surface area contributed by atoms with Crippen LogP contribution in [-0.2, 0) is 11.2 Å². The number of furan rings is 1. The molecule has 3 rings (SSSR count). The normalized spacial score (nSPS) is 22.9. The van der Waals surface area contributed by atoms with Crippen LogP contribution in [0, 0.1) is 0 Å². The second-order valence-electron chi connectivity index (χ2n) is 6.72. The van der Waals surface area contributed by atoms with Crippen LogP contribution in [0.2, 0.25) is 0 Å². The maximum atomic E-state index is 11.3. The summed E-state index contributed by atoms with van der Waals surface area (Å²) in [7, 11) is 0. The number of guanidine groups is 1. The van der Waals surface area contributed by atoms with Gasteiger partial charge in [0.15, 0.2) is 5.96 Å². The van der Waals surface area contributed by atoms with Crippen LogP contribution >= 0.6 is 0 Å². The van der Waals surface area contributed by atoms with Crippen LogP contribution in [0.4, 0.5) is 0 Å². The summed E-state index contributed by atoms with van der Waals surface area (Å²) in [4.78, 5) is 16.0. The van der Waals surface area contributed by atoms with E-state index in [0.717, 1.165) is 24.6 Å². The van der Waals surface area contributed by atoms with Gasteiger partial charge in [0.1, 0.15) is 5.76 Å². The fourth-order valence-corrected chi connectivity index (χ4v) is 3.36. The zero-order valence-electron chi connectivity index (χ0n) is 14.2. The van der Waals surface area contributed by atoms with Crippen LogP contribution in [0.3, 0.4) is 0 Å². The van der Waals surface area contributed by atoms with Crippen molar-refractivity contribution in [3.8, 4) is 0 Å². The Hall–Kier alpha value is -1.98. The highest BCUT2D eigenvalue weighted by molar-refractivity contribution is 5.81. The van der Waals surface area contributed by atoms with E-state index in [1.54, 1.807) is 6.26 Å². The van der Waals surface area contributed by atoms with Crippen LogP contribution in [0.1, 0.15) is 50.7 Å². The topological polar surface area (TPSA) is 78.7 Å². The first-order valence-electron chi connectivity index (χ1n) is 9.16. The first kappa shape index (κ1) is 16.9. The van der Waals surface area contributed by atoms with Crippen LogP contribution in [-0.4, -0.2) is 37.0 Å². The molecule has 1 saturated heterocycles. The summed E-state index contributed by atoms with van der Waals surface area (Å²) in [5, 5.41) is 10.0. The molecule has 1 amide bonds. The molecule has 132 valence electrons. The molecule has 3 N–H and O–H groups in total. The minimum atomic E-state index is 0.143. The van der Waals surface area contributed by atoms with E-state index < -0.39 is 0 Å². The van der Waals surface area contributed by atoms with E-state index in [1.165, 1.54) is 32.1 Å². The van der Waals surface area contributed by atoms with E-state index in [1.807, 2.05) is 12.1 Å². The summed E-state index contributed by atoms with van der Waals surface area (Å²) >= 11 is 0. The van der Waals surface area contributed by atoms with Crippen LogP contribution in [0.5, 0.6) is 0 Å². The van der Waals surface area contributed by atoms with Gasteiger partial charge in [0.2, 0.25) is 5.91 Å². The Morgan fingerprint density at radius 2 is 2.04 bits per heavy atom. The van der Waals surface area contributed by atoms with Crippen molar-refractivity contribution in [1.82, 2.24) is 16.0 Å². The number of rotatable bonds is 5. The van der Waals surface area contributed by atoms with Crippen LogP contribution in [0.25, 0.3) is 0 Å². The first-order valence-corrected chi connectivity index (χ1v) is 9.16. The average molecular weight is 332 g/mol. The number of nitrogens with one attached hydrogen (secondary N) is 3. The number of hydrogen-bond acceptors (Lipinski definition) is 3. The third-order valence-electron chi connectivity index (χ3n) is 4.76. The molecule has 1 aromatic heterocycles. The highest BCUT2D eigenvalue weighted by Crippen LogP contribution is 2.17. The Balaban J connectivity index is 1.55. The lowest BCUT2D eigenvalue weighted by atomic mass is 9.96. The quantitative estimate of drug-likeness (QED) is 0.569. The molecule has 0 spiro atoms. The second-order valence-corrected chi connectivity index (χ2v) is 6.72. The van der Waals surface area contributed by atoms with Gasteiger partial charge in [0.05, 0.1) is 6.26 Å². The van der Waals surface area contributed by atoms with Gasteiger partial charge in [-0.25, -0.2) is 0 Å². The number of amides is 1. The number of piperidine rings is 1. The Bertz CT molecular complexity index is 525. The first-order chi connectivity index (χ1) is 11.8. The molecule has 2 fully saturated rings. The molecule has 0 bridgehead atoms. The van der Waals surface area contributed by atoms with Crippen LogP contribution < -0.4 is 16.0 Å². The van der Waals surface area contributed by atoms with Crippen molar-refractivity contribution >= 4 is 11.9 Å². The Morgan fingerprint density at radius 1 is 1.21 bits per heavy atom. The SMILES string of the molecule is O=C1CCC(NC(=NCCc2ccco2)NC2CCCCC2)CN1. The average Bonchev–Trinajstić information content (AvgIpc) is 3.11. The Morgan fingerprint density at radius 3 is 2.75 bits per heavy atom. The molecule has 0 aromatic carbocycles. The van der Waals surface area contributed by atoms with Gasteiger partial charge in [0.25, 0.3) is 0 Å².